The van der Waals surface area contributed by atoms with E-state index in [0.29, 0.717) is 36.1 Å². The number of rotatable bonds is 7. The Labute approximate surface area is 146 Å². The molecule has 0 radical (unpaired) electrons. The van der Waals surface area contributed by atoms with Crippen molar-refractivity contribution in [3.05, 3.63) is 35.1 Å². The standard InChI is InChI=1S/C17H22ClN3O3/c1-10(2)13(11(3)4)9-24-15-7-8-21(20-15)14-6-5-12(17(22)23)16(18)19-14/h5-8,10-11,13H,9H2,1-4H3,(H,22,23). The first-order chi connectivity index (χ1) is 11.3. The maximum Gasteiger partial charge on any atom is 0.338 e. The summed E-state index contributed by atoms with van der Waals surface area (Å²) in [6.45, 7) is 9.33. The zero-order valence-electron chi connectivity index (χ0n) is 14.2. The number of hydrogen-bond acceptors (Lipinski definition) is 4. The summed E-state index contributed by atoms with van der Waals surface area (Å²) in [6.07, 6.45) is 1.70. The van der Waals surface area contributed by atoms with Crippen molar-refractivity contribution in [2.24, 2.45) is 17.8 Å². The van der Waals surface area contributed by atoms with Crippen LogP contribution in [-0.4, -0.2) is 32.4 Å². The summed E-state index contributed by atoms with van der Waals surface area (Å²) in [5, 5.41) is 13.2. The molecule has 0 amide bonds. The van der Waals surface area contributed by atoms with Crippen molar-refractivity contribution in [2.75, 3.05) is 6.61 Å². The Morgan fingerprint density at radius 3 is 2.46 bits per heavy atom. The van der Waals surface area contributed by atoms with Gasteiger partial charge in [0.25, 0.3) is 0 Å². The largest absolute Gasteiger partial charge is 0.478 e. The van der Waals surface area contributed by atoms with Gasteiger partial charge in [0.1, 0.15) is 5.15 Å². The van der Waals surface area contributed by atoms with Crippen LogP contribution in [0, 0.1) is 17.8 Å². The maximum absolute atomic E-state index is 11.0. The molecule has 0 aromatic carbocycles. The minimum atomic E-state index is -1.11. The minimum Gasteiger partial charge on any atom is -0.478 e. The first kappa shape index (κ1) is 18.3. The molecular weight excluding hydrogens is 330 g/mol. The summed E-state index contributed by atoms with van der Waals surface area (Å²) < 4.78 is 7.30. The number of aromatic carboxylic acids is 1. The van der Waals surface area contributed by atoms with E-state index in [2.05, 4.69) is 37.8 Å². The summed E-state index contributed by atoms with van der Waals surface area (Å²) in [5.41, 5.74) is -0.0410. The van der Waals surface area contributed by atoms with Crippen molar-refractivity contribution >= 4 is 17.6 Å². The second-order valence-corrected chi connectivity index (χ2v) is 6.73. The second kappa shape index (κ2) is 7.66. The van der Waals surface area contributed by atoms with Crippen LogP contribution in [0.15, 0.2) is 24.4 Å². The fourth-order valence-electron chi connectivity index (χ4n) is 2.56. The van der Waals surface area contributed by atoms with Gasteiger partial charge in [0, 0.05) is 12.3 Å². The number of nitrogens with zero attached hydrogens (tertiary/aromatic N) is 3. The number of carboxylic acid groups (broad SMARTS) is 1. The van der Waals surface area contributed by atoms with E-state index in [1.54, 1.807) is 18.3 Å². The fourth-order valence-corrected chi connectivity index (χ4v) is 2.79. The van der Waals surface area contributed by atoms with Gasteiger partial charge in [0.05, 0.1) is 12.2 Å². The molecule has 0 aliphatic rings. The Bertz CT molecular complexity index is 705. The topological polar surface area (TPSA) is 77.2 Å². The van der Waals surface area contributed by atoms with Gasteiger partial charge < -0.3 is 9.84 Å². The van der Waals surface area contributed by atoms with E-state index in [9.17, 15) is 4.79 Å². The van der Waals surface area contributed by atoms with Crippen molar-refractivity contribution < 1.29 is 14.6 Å². The molecule has 2 heterocycles. The molecule has 0 spiro atoms. The van der Waals surface area contributed by atoms with Gasteiger partial charge in [-0.2, -0.15) is 0 Å². The summed E-state index contributed by atoms with van der Waals surface area (Å²) >= 11 is 5.89. The van der Waals surface area contributed by atoms with Crippen LogP contribution in [0.2, 0.25) is 5.15 Å². The summed E-state index contributed by atoms with van der Waals surface area (Å²) in [6, 6.07) is 4.71. The minimum absolute atomic E-state index is 0.0410. The summed E-state index contributed by atoms with van der Waals surface area (Å²) in [4.78, 5) is 15.0. The Kier molecular flexibility index (Phi) is 5.83. The molecule has 0 bridgehead atoms. The van der Waals surface area contributed by atoms with Gasteiger partial charge in [0.2, 0.25) is 5.88 Å². The van der Waals surface area contributed by atoms with Crippen LogP contribution in [0.1, 0.15) is 38.1 Å². The average molecular weight is 352 g/mol. The van der Waals surface area contributed by atoms with Gasteiger partial charge >= 0.3 is 5.97 Å². The third kappa shape index (κ3) is 4.26. The quantitative estimate of drug-likeness (QED) is 0.765. The predicted octanol–water partition coefficient (Wildman–Crippen LogP) is 3.93. The molecule has 1 N–H and O–H groups in total. The second-order valence-electron chi connectivity index (χ2n) is 6.37. The monoisotopic (exact) mass is 351 g/mol. The number of aromatic nitrogens is 3. The first-order valence-corrected chi connectivity index (χ1v) is 8.26. The van der Waals surface area contributed by atoms with E-state index in [1.165, 1.54) is 10.7 Å². The van der Waals surface area contributed by atoms with Crippen molar-refractivity contribution in [2.45, 2.75) is 27.7 Å². The maximum atomic E-state index is 11.0. The highest BCUT2D eigenvalue weighted by Gasteiger charge is 2.19. The zero-order chi connectivity index (χ0) is 17.9. The average Bonchev–Trinajstić information content (AvgIpc) is 2.95. The van der Waals surface area contributed by atoms with Crippen molar-refractivity contribution in [1.29, 1.82) is 0 Å². The number of pyridine rings is 1. The van der Waals surface area contributed by atoms with E-state index in [4.69, 9.17) is 21.4 Å². The molecule has 0 saturated heterocycles. The van der Waals surface area contributed by atoms with Gasteiger partial charge in [-0.1, -0.05) is 39.3 Å². The fraction of sp³-hybridized carbons (Fsp3) is 0.471. The molecule has 2 aromatic rings. The molecule has 6 nitrogen and oxygen atoms in total. The van der Waals surface area contributed by atoms with Crippen LogP contribution in [0.25, 0.3) is 5.82 Å². The smallest absolute Gasteiger partial charge is 0.338 e. The van der Waals surface area contributed by atoms with E-state index >= 15 is 0 Å². The molecule has 2 aromatic heterocycles. The summed E-state index contributed by atoms with van der Waals surface area (Å²) in [5.74, 6) is 1.31. The van der Waals surface area contributed by atoms with Gasteiger partial charge in [-0.25, -0.2) is 14.5 Å². The van der Waals surface area contributed by atoms with E-state index < -0.39 is 5.97 Å². The Balaban J connectivity index is 2.10. The Hall–Kier alpha value is -2.08. The van der Waals surface area contributed by atoms with E-state index in [0.717, 1.165) is 0 Å². The van der Waals surface area contributed by atoms with Gasteiger partial charge in [-0.15, -0.1) is 5.10 Å². The lowest BCUT2D eigenvalue weighted by Gasteiger charge is -2.24. The van der Waals surface area contributed by atoms with Crippen molar-refractivity contribution in [1.82, 2.24) is 14.8 Å². The third-order valence-electron chi connectivity index (χ3n) is 4.00. The normalized spacial score (nSPS) is 11.5. The molecule has 7 heteroatoms. The molecule has 130 valence electrons. The molecule has 0 aliphatic carbocycles. The molecule has 24 heavy (non-hydrogen) atoms. The molecule has 0 fully saturated rings. The van der Waals surface area contributed by atoms with Crippen LogP contribution in [0.5, 0.6) is 5.88 Å². The Morgan fingerprint density at radius 1 is 1.25 bits per heavy atom. The number of hydrogen-bond donors (Lipinski definition) is 1. The van der Waals surface area contributed by atoms with Crippen molar-refractivity contribution in [3.63, 3.8) is 0 Å². The van der Waals surface area contributed by atoms with Crippen LogP contribution >= 0.6 is 11.6 Å². The lowest BCUT2D eigenvalue weighted by molar-refractivity contribution is 0.0696. The third-order valence-corrected chi connectivity index (χ3v) is 4.29. The van der Waals surface area contributed by atoms with Gasteiger partial charge in [0.15, 0.2) is 5.82 Å². The van der Waals surface area contributed by atoms with Crippen LogP contribution in [-0.2, 0) is 0 Å². The van der Waals surface area contributed by atoms with Crippen LogP contribution in [0.4, 0.5) is 0 Å². The highest BCUT2D eigenvalue weighted by Crippen LogP contribution is 2.22. The van der Waals surface area contributed by atoms with Crippen molar-refractivity contribution in [3.8, 4) is 11.7 Å². The number of carbonyl (C=O) groups is 1. The zero-order valence-corrected chi connectivity index (χ0v) is 15.0. The number of carboxylic acids is 1. The summed E-state index contributed by atoms with van der Waals surface area (Å²) in [7, 11) is 0. The SMILES string of the molecule is CC(C)C(COc1ccn(-c2ccc(C(=O)O)c(Cl)n2)n1)C(C)C. The van der Waals surface area contributed by atoms with Crippen LogP contribution < -0.4 is 4.74 Å². The predicted molar refractivity (Wildman–Crippen MR) is 92.0 cm³/mol. The number of halogens is 1. The van der Waals surface area contributed by atoms with Gasteiger partial charge in [-0.05, 0) is 29.9 Å². The molecule has 0 saturated carbocycles. The van der Waals surface area contributed by atoms with E-state index in [1.807, 2.05) is 0 Å². The highest BCUT2D eigenvalue weighted by atomic mass is 35.5. The molecule has 0 aliphatic heterocycles. The molecular formula is C17H22ClN3O3. The highest BCUT2D eigenvalue weighted by molar-refractivity contribution is 6.32. The molecule has 0 atom stereocenters. The lowest BCUT2D eigenvalue weighted by Crippen LogP contribution is -2.23. The Morgan fingerprint density at radius 2 is 1.92 bits per heavy atom. The van der Waals surface area contributed by atoms with E-state index in [-0.39, 0.29) is 10.7 Å². The van der Waals surface area contributed by atoms with Gasteiger partial charge in [-0.3, -0.25) is 0 Å². The van der Waals surface area contributed by atoms with Crippen LogP contribution in [0.3, 0.4) is 0 Å². The molecule has 0 unspecified atom stereocenters. The number of ether oxygens (including phenoxy) is 1. The first-order valence-electron chi connectivity index (χ1n) is 7.88. The molecule has 2 rings (SSSR count). The lowest BCUT2D eigenvalue weighted by atomic mass is 9.86.